The van der Waals surface area contributed by atoms with Crippen molar-refractivity contribution in [3.63, 3.8) is 0 Å². The van der Waals surface area contributed by atoms with Gasteiger partial charge in [-0.15, -0.1) is 0 Å². The van der Waals surface area contributed by atoms with Crippen LogP contribution in [0.2, 0.25) is 0 Å². The molecule has 1 unspecified atom stereocenters. The van der Waals surface area contributed by atoms with Crippen LogP contribution >= 0.6 is 7.60 Å². The lowest BCUT2D eigenvalue weighted by Gasteiger charge is -2.18. The number of carbonyl (C=O) groups excluding carboxylic acids is 2. The molecule has 7 nitrogen and oxygen atoms in total. The smallest absolute Gasteiger partial charge is 0.330 e. The third-order valence-electron chi connectivity index (χ3n) is 3.83. The normalized spacial score (nSPS) is 12.4. The molecule has 0 N–H and O–H groups in total. The summed E-state index contributed by atoms with van der Waals surface area (Å²) in [7, 11) is -1.90. The molecule has 0 spiro atoms. The first kappa shape index (κ1) is 23.3. The molecule has 0 aliphatic rings. The predicted molar refractivity (Wildman–Crippen MR) is 101 cm³/mol. The van der Waals surface area contributed by atoms with Gasteiger partial charge in [0.25, 0.3) is 0 Å². The minimum Gasteiger partial charge on any atom is -0.469 e. The number of carbonyl (C=O) groups is 2. The third-order valence-corrected chi connectivity index (χ3v) is 5.99. The Morgan fingerprint density at radius 2 is 1.70 bits per heavy atom. The fourth-order valence-electron chi connectivity index (χ4n) is 2.56. The summed E-state index contributed by atoms with van der Waals surface area (Å²) < 4.78 is 32.9. The van der Waals surface area contributed by atoms with E-state index in [1.54, 1.807) is 13.8 Å². The molecule has 0 amide bonds. The first-order valence-corrected chi connectivity index (χ1v) is 10.8. The standard InChI is InChI=1S/C19H29O7P/c1-4-25-27(22,26-5-2)13-9-12-17(19(21)23-3)14-18(20)24-15-16-10-7-6-8-11-16/h6-8,10-11,17H,4-5,9,12-15H2,1-3H3. The minimum atomic E-state index is -3.17. The topological polar surface area (TPSA) is 88.1 Å². The Hall–Kier alpha value is -1.69. The number of ether oxygens (including phenoxy) is 2. The van der Waals surface area contributed by atoms with Gasteiger partial charge in [0.05, 0.1) is 38.8 Å². The summed E-state index contributed by atoms with van der Waals surface area (Å²) in [5.41, 5.74) is 0.870. The Morgan fingerprint density at radius 3 is 2.26 bits per heavy atom. The Balaban J connectivity index is 2.53. The molecule has 1 aromatic rings. The summed E-state index contributed by atoms with van der Waals surface area (Å²) in [5.74, 6) is -1.63. The van der Waals surface area contributed by atoms with Crippen LogP contribution in [0.25, 0.3) is 0 Å². The van der Waals surface area contributed by atoms with E-state index in [4.69, 9.17) is 18.5 Å². The average Bonchev–Trinajstić information content (AvgIpc) is 2.66. The second kappa shape index (κ2) is 12.7. The van der Waals surface area contributed by atoms with Crippen LogP contribution in [0.4, 0.5) is 0 Å². The Bertz CT molecular complexity index is 608. The molecule has 0 saturated heterocycles. The zero-order valence-electron chi connectivity index (χ0n) is 16.2. The maximum atomic E-state index is 12.5. The summed E-state index contributed by atoms with van der Waals surface area (Å²) in [6.45, 7) is 4.20. The van der Waals surface area contributed by atoms with Gasteiger partial charge >= 0.3 is 19.5 Å². The van der Waals surface area contributed by atoms with E-state index in [-0.39, 0.29) is 32.4 Å². The number of methoxy groups -OCH3 is 1. The molecule has 0 saturated carbocycles. The van der Waals surface area contributed by atoms with E-state index in [0.717, 1.165) is 5.56 Å². The Labute approximate surface area is 160 Å². The first-order chi connectivity index (χ1) is 12.9. The van der Waals surface area contributed by atoms with Gasteiger partial charge in [0, 0.05) is 0 Å². The van der Waals surface area contributed by atoms with Crippen LogP contribution in [0.1, 0.15) is 38.7 Å². The second-order valence-electron chi connectivity index (χ2n) is 5.88. The Morgan fingerprint density at radius 1 is 1.07 bits per heavy atom. The maximum absolute atomic E-state index is 12.5. The number of rotatable bonds is 13. The fraction of sp³-hybridized carbons (Fsp3) is 0.579. The zero-order valence-corrected chi connectivity index (χ0v) is 17.1. The van der Waals surface area contributed by atoms with Crippen LogP contribution in [-0.4, -0.2) is 38.4 Å². The summed E-state index contributed by atoms with van der Waals surface area (Å²) in [6, 6.07) is 9.29. The van der Waals surface area contributed by atoms with Crippen molar-refractivity contribution >= 4 is 19.5 Å². The third kappa shape index (κ3) is 9.18. The van der Waals surface area contributed by atoms with Gasteiger partial charge in [0.15, 0.2) is 0 Å². The highest BCUT2D eigenvalue weighted by Gasteiger charge is 2.27. The van der Waals surface area contributed by atoms with Crippen molar-refractivity contribution in [1.82, 2.24) is 0 Å². The van der Waals surface area contributed by atoms with Gasteiger partial charge in [0.2, 0.25) is 0 Å². The number of esters is 2. The molecule has 0 aliphatic carbocycles. The molecule has 0 aromatic heterocycles. The van der Waals surface area contributed by atoms with Gasteiger partial charge in [0.1, 0.15) is 6.61 Å². The molecule has 0 radical (unpaired) electrons. The van der Waals surface area contributed by atoms with Gasteiger partial charge in [-0.3, -0.25) is 14.2 Å². The quantitative estimate of drug-likeness (QED) is 0.366. The lowest BCUT2D eigenvalue weighted by atomic mass is 10.0. The van der Waals surface area contributed by atoms with Gasteiger partial charge in [-0.05, 0) is 32.3 Å². The van der Waals surface area contributed by atoms with Crippen molar-refractivity contribution in [2.75, 3.05) is 26.5 Å². The van der Waals surface area contributed by atoms with Crippen molar-refractivity contribution < 1.29 is 32.7 Å². The molecular formula is C19H29O7P. The molecule has 1 rings (SSSR count). The molecule has 0 aliphatic heterocycles. The fourth-order valence-corrected chi connectivity index (χ4v) is 4.25. The summed E-state index contributed by atoms with van der Waals surface area (Å²) in [4.78, 5) is 24.0. The highest BCUT2D eigenvalue weighted by atomic mass is 31.2. The molecule has 152 valence electrons. The summed E-state index contributed by atoms with van der Waals surface area (Å²) >= 11 is 0. The molecular weight excluding hydrogens is 371 g/mol. The zero-order chi connectivity index (χ0) is 20.1. The number of hydrogen-bond acceptors (Lipinski definition) is 7. The second-order valence-corrected chi connectivity index (χ2v) is 8.07. The van der Waals surface area contributed by atoms with Crippen molar-refractivity contribution in [3.05, 3.63) is 35.9 Å². The van der Waals surface area contributed by atoms with E-state index in [2.05, 4.69) is 0 Å². The first-order valence-electron chi connectivity index (χ1n) is 9.09. The van der Waals surface area contributed by atoms with Crippen molar-refractivity contribution in [2.24, 2.45) is 5.92 Å². The number of hydrogen-bond donors (Lipinski definition) is 0. The molecule has 8 heteroatoms. The highest BCUT2D eigenvalue weighted by Crippen LogP contribution is 2.48. The van der Waals surface area contributed by atoms with Crippen LogP contribution in [0.15, 0.2) is 30.3 Å². The average molecular weight is 400 g/mol. The van der Waals surface area contributed by atoms with E-state index >= 15 is 0 Å². The maximum Gasteiger partial charge on any atom is 0.330 e. The molecule has 0 heterocycles. The lowest BCUT2D eigenvalue weighted by Crippen LogP contribution is -2.21. The van der Waals surface area contributed by atoms with Gasteiger partial charge in [-0.2, -0.15) is 0 Å². The van der Waals surface area contributed by atoms with Crippen molar-refractivity contribution in [2.45, 2.75) is 39.7 Å². The van der Waals surface area contributed by atoms with Crippen LogP contribution in [0, 0.1) is 5.92 Å². The van der Waals surface area contributed by atoms with Crippen LogP contribution in [0.5, 0.6) is 0 Å². The molecule has 0 bridgehead atoms. The SMILES string of the molecule is CCOP(=O)(CCCC(CC(=O)OCc1ccccc1)C(=O)OC)OCC. The van der Waals surface area contributed by atoms with E-state index in [9.17, 15) is 14.2 Å². The van der Waals surface area contributed by atoms with Crippen LogP contribution < -0.4 is 0 Å². The van der Waals surface area contributed by atoms with Crippen LogP contribution in [0.3, 0.4) is 0 Å². The summed E-state index contributed by atoms with van der Waals surface area (Å²) in [5, 5.41) is 0. The van der Waals surface area contributed by atoms with Gasteiger partial charge in [-0.1, -0.05) is 30.3 Å². The van der Waals surface area contributed by atoms with Crippen molar-refractivity contribution in [1.29, 1.82) is 0 Å². The molecule has 27 heavy (non-hydrogen) atoms. The van der Waals surface area contributed by atoms with Gasteiger partial charge < -0.3 is 18.5 Å². The molecule has 1 atom stereocenters. The summed E-state index contributed by atoms with van der Waals surface area (Å²) in [6.07, 6.45) is 0.828. The molecule has 1 aromatic carbocycles. The lowest BCUT2D eigenvalue weighted by molar-refractivity contribution is -0.154. The predicted octanol–water partition coefficient (Wildman–Crippen LogP) is 3.96. The number of benzene rings is 1. The molecule has 0 fully saturated rings. The largest absolute Gasteiger partial charge is 0.469 e. The van der Waals surface area contributed by atoms with E-state index < -0.39 is 25.5 Å². The van der Waals surface area contributed by atoms with Gasteiger partial charge in [-0.25, -0.2) is 0 Å². The Kier molecular flexibility index (Phi) is 10.9. The monoisotopic (exact) mass is 400 g/mol. The van der Waals surface area contributed by atoms with E-state index in [1.165, 1.54) is 7.11 Å². The van der Waals surface area contributed by atoms with E-state index in [0.29, 0.717) is 12.8 Å². The van der Waals surface area contributed by atoms with Crippen molar-refractivity contribution in [3.8, 4) is 0 Å². The minimum absolute atomic E-state index is 0.0902. The highest BCUT2D eigenvalue weighted by molar-refractivity contribution is 7.53. The van der Waals surface area contributed by atoms with Crippen LogP contribution in [-0.2, 0) is 39.3 Å². The van der Waals surface area contributed by atoms with E-state index in [1.807, 2.05) is 30.3 Å².